The summed E-state index contributed by atoms with van der Waals surface area (Å²) in [4.78, 5) is 0. The Kier molecular flexibility index (Phi) is 6.32. The van der Waals surface area contributed by atoms with Crippen LogP contribution in [0.15, 0.2) is 46.0 Å². The lowest BCUT2D eigenvalue weighted by molar-refractivity contribution is -0.376. The Labute approximate surface area is 167 Å². The molecule has 0 saturated heterocycles. The highest BCUT2D eigenvalue weighted by Gasteiger charge is 2.71. The van der Waals surface area contributed by atoms with Gasteiger partial charge in [0.2, 0.25) is 0 Å². The summed E-state index contributed by atoms with van der Waals surface area (Å²) in [6, 6.07) is 5.31. The Balaban J connectivity index is 2.55. The maximum atomic E-state index is 13.0. The van der Waals surface area contributed by atoms with E-state index in [1.54, 1.807) is 13.8 Å². The summed E-state index contributed by atoms with van der Waals surface area (Å²) in [5.74, 6) is -0.188. The first-order valence-corrected chi connectivity index (χ1v) is 10.5. The summed E-state index contributed by atoms with van der Waals surface area (Å²) < 4.78 is 105. The van der Waals surface area contributed by atoms with Gasteiger partial charge in [-0.25, -0.2) is 8.42 Å². The fraction of sp³-hybridized carbons (Fsp3) is 0.412. The van der Waals surface area contributed by atoms with Crippen molar-refractivity contribution >= 4 is 27.0 Å². The van der Waals surface area contributed by atoms with Crippen LogP contribution in [0.25, 0.3) is 0 Å². The Morgan fingerprint density at radius 2 is 1.52 bits per heavy atom. The minimum Gasteiger partial charge on any atom is -0.369 e. The summed E-state index contributed by atoms with van der Waals surface area (Å²) in [5.41, 5.74) is -6.66. The maximum Gasteiger partial charge on any atom is 0.430 e. The maximum absolute atomic E-state index is 13.0. The first-order chi connectivity index (χ1) is 13.1. The molecule has 1 aromatic heterocycles. The molecule has 0 aliphatic carbocycles. The van der Waals surface area contributed by atoms with Crippen molar-refractivity contribution in [3.8, 4) is 0 Å². The zero-order valence-corrected chi connectivity index (χ0v) is 16.8. The van der Waals surface area contributed by atoms with Gasteiger partial charge in [-0.1, -0.05) is 32.0 Å². The van der Waals surface area contributed by atoms with E-state index >= 15 is 0 Å². The summed E-state index contributed by atoms with van der Waals surface area (Å²) in [6.07, 6.45) is -12.0. The van der Waals surface area contributed by atoms with Gasteiger partial charge in [-0.15, -0.1) is 11.3 Å². The minimum absolute atomic E-state index is 0.0238. The van der Waals surface area contributed by atoms with E-state index in [9.17, 15) is 39.9 Å². The third-order valence-electron chi connectivity index (χ3n) is 3.96. The Morgan fingerprint density at radius 1 is 1.00 bits per heavy atom. The van der Waals surface area contributed by atoms with Crippen LogP contribution in [0.4, 0.5) is 32.0 Å². The van der Waals surface area contributed by atoms with Crippen LogP contribution in [0, 0.1) is 5.92 Å². The number of halogens is 6. The van der Waals surface area contributed by atoms with Crippen LogP contribution in [-0.2, 0) is 15.6 Å². The van der Waals surface area contributed by atoms with Crippen LogP contribution in [0.3, 0.4) is 0 Å². The van der Waals surface area contributed by atoms with Crippen molar-refractivity contribution < 1.29 is 39.9 Å². The van der Waals surface area contributed by atoms with Crippen molar-refractivity contribution in [2.24, 2.45) is 5.92 Å². The number of rotatable bonds is 6. The second-order valence-electron chi connectivity index (χ2n) is 6.61. The van der Waals surface area contributed by atoms with Gasteiger partial charge >= 0.3 is 12.4 Å². The zero-order chi connectivity index (χ0) is 22.3. The highest BCUT2D eigenvalue weighted by molar-refractivity contribution is 7.94. The van der Waals surface area contributed by atoms with E-state index in [2.05, 4.69) is 0 Å². The van der Waals surface area contributed by atoms with Crippen molar-refractivity contribution in [3.05, 3.63) is 47.3 Å². The SMILES string of the molecule is CC(C)CN(c1ccc(C(O)(C(F)(F)F)C(F)(F)F)cc1)S(=O)(=O)c1cccs1. The van der Waals surface area contributed by atoms with Gasteiger partial charge in [-0.3, -0.25) is 4.31 Å². The lowest BCUT2D eigenvalue weighted by Gasteiger charge is -2.33. The average Bonchev–Trinajstić information content (AvgIpc) is 3.12. The molecule has 0 aliphatic rings. The van der Waals surface area contributed by atoms with Crippen LogP contribution in [0.2, 0.25) is 0 Å². The van der Waals surface area contributed by atoms with Crippen molar-refractivity contribution in [1.29, 1.82) is 0 Å². The molecule has 4 nitrogen and oxygen atoms in total. The lowest BCUT2D eigenvalue weighted by Crippen LogP contribution is -2.53. The van der Waals surface area contributed by atoms with E-state index in [0.29, 0.717) is 12.1 Å². The second kappa shape index (κ2) is 7.80. The van der Waals surface area contributed by atoms with Gasteiger partial charge < -0.3 is 5.11 Å². The molecule has 0 saturated carbocycles. The van der Waals surface area contributed by atoms with E-state index < -0.39 is 33.5 Å². The number of hydrogen-bond acceptors (Lipinski definition) is 4. The standard InChI is InChI=1S/C17H17F6NO3S2/c1-11(2)10-24(29(26,27)14-4-3-9-28-14)13-7-5-12(6-8-13)15(25,16(18,19)20)17(21,22)23/h3-9,11,25H,10H2,1-2H3. The first kappa shape index (κ1) is 23.5. The third-order valence-corrected chi connectivity index (χ3v) is 7.13. The van der Waals surface area contributed by atoms with Crippen molar-refractivity contribution in [2.45, 2.75) is 36.0 Å². The molecule has 1 N–H and O–H groups in total. The quantitative estimate of drug-likeness (QED) is 0.622. The summed E-state index contributed by atoms with van der Waals surface area (Å²) in [7, 11) is -4.07. The van der Waals surface area contributed by atoms with Gasteiger partial charge in [-0.2, -0.15) is 26.3 Å². The van der Waals surface area contributed by atoms with Gasteiger partial charge in [0.05, 0.1) is 5.69 Å². The molecule has 162 valence electrons. The van der Waals surface area contributed by atoms with Crippen molar-refractivity contribution in [3.63, 3.8) is 0 Å². The van der Waals surface area contributed by atoms with Crippen LogP contribution < -0.4 is 4.31 Å². The molecule has 0 fully saturated rings. The molecule has 0 bridgehead atoms. The molecule has 2 rings (SSSR count). The zero-order valence-electron chi connectivity index (χ0n) is 15.1. The molecule has 2 aromatic rings. The van der Waals surface area contributed by atoms with Gasteiger partial charge in [-0.05, 0) is 29.5 Å². The molecule has 0 amide bonds. The molecule has 0 aliphatic heterocycles. The van der Waals surface area contributed by atoms with Gasteiger partial charge in [0.25, 0.3) is 15.6 Å². The number of anilines is 1. The predicted octanol–water partition coefficient (Wildman–Crippen LogP) is 4.91. The van der Waals surface area contributed by atoms with Crippen LogP contribution in [-0.4, -0.2) is 32.4 Å². The topological polar surface area (TPSA) is 57.6 Å². The minimum atomic E-state index is -6.02. The van der Waals surface area contributed by atoms with Crippen LogP contribution in [0.1, 0.15) is 19.4 Å². The predicted molar refractivity (Wildman–Crippen MR) is 96.1 cm³/mol. The van der Waals surface area contributed by atoms with Crippen LogP contribution >= 0.6 is 11.3 Å². The van der Waals surface area contributed by atoms with Gasteiger partial charge in [0.1, 0.15) is 4.21 Å². The average molecular weight is 461 g/mol. The highest BCUT2D eigenvalue weighted by Crippen LogP contribution is 2.50. The van der Waals surface area contributed by atoms with E-state index in [4.69, 9.17) is 0 Å². The van der Waals surface area contributed by atoms with Crippen molar-refractivity contribution in [2.75, 3.05) is 10.8 Å². The Bertz CT molecular complexity index is 906. The van der Waals surface area contributed by atoms with E-state index in [1.807, 2.05) is 0 Å². The van der Waals surface area contributed by atoms with Gasteiger partial charge in [0, 0.05) is 12.1 Å². The van der Waals surface area contributed by atoms with Gasteiger partial charge in [0.15, 0.2) is 0 Å². The molecular weight excluding hydrogens is 444 g/mol. The van der Waals surface area contributed by atoms with E-state index in [-0.39, 0.29) is 22.4 Å². The third kappa shape index (κ3) is 4.38. The molecule has 0 atom stereocenters. The van der Waals surface area contributed by atoms with Crippen molar-refractivity contribution in [1.82, 2.24) is 0 Å². The Hall–Kier alpha value is -1.79. The van der Waals surface area contributed by atoms with Crippen LogP contribution in [0.5, 0.6) is 0 Å². The van der Waals surface area contributed by atoms with E-state index in [1.165, 1.54) is 17.5 Å². The molecular formula is C17H17F6NO3S2. The van der Waals surface area contributed by atoms with E-state index in [0.717, 1.165) is 27.8 Å². The monoisotopic (exact) mass is 461 g/mol. The lowest BCUT2D eigenvalue weighted by atomic mass is 9.92. The summed E-state index contributed by atoms with van der Waals surface area (Å²) >= 11 is 0.927. The normalized spacial score (nSPS) is 13.7. The summed E-state index contributed by atoms with van der Waals surface area (Å²) in [6.45, 7) is 3.36. The fourth-order valence-corrected chi connectivity index (χ4v) is 5.28. The second-order valence-corrected chi connectivity index (χ2v) is 9.65. The number of aliphatic hydroxyl groups is 1. The molecule has 0 radical (unpaired) electrons. The first-order valence-electron chi connectivity index (χ1n) is 8.15. The molecule has 1 aromatic carbocycles. The number of sulfonamides is 1. The molecule has 1 heterocycles. The molecule has 29 heavy (non-hydrogen) atoms. The smallest absolute Gasteiger partial charge is 0.369 e. The molecule has 0 spiro atoms. The number of alkyl halides is 6. The number of thiophene rings is 1. The molecule has 0 unspecified atom stereocenters. The Morgan fingerprint density at radius 3 is 1.90 bits per heavy atom. The summed E-state index contributed by atoms with van der Waals surface area (Å²) in [5, 5.41) is 11.0. The fourth-order valence-electron chi connectivity index (χ4n) is 2.55. The number of hydrogen-bond donors (Lipinski definition) is 1. The highest BCUT2D eigenvalue weighted by atomic mass is 32.2. The number of nitrogens with zero attached hydrogens (tertiary/aromatic N) is 1. The molecule has 12 heteroatoms. The number of benzene rings is 1. The largest absolute Gasteiger partial charge is 0.430 e.